The molecule has 0 aliphatic carbocycles. The van der Waals surface area contributed by atoms with Gasteiger partial charge in [-0.1, -0.05) is 30.3 Å². The Morgan fingerprint density at radius 1 is 0.759 bits per heavy atom. The van der Waals surface area contributed by atoms with Gasteiger partial charge in [-0.2, -0.15) is 0 Å². The number of benzene rings is 2. The van der Waals surface area contributed by atoms with Gasteiger partial charge in [0.1, 0.15) is 5.75 Å². The minimum Gasteiger partial charge on any atom is -0.494 e. The molecule has 0 unspecified atom stereocenters. The van der Waals surface area contributed by atoms with Crippen molar-refractivity contribution in [2.24, 2.45) is 0 Å². The molecule has 29 heavy (non-hydrogen) atoms. The van der Waals surface area contributed by atoms with Crippen LogP contribution in [0.15, 0.2) is 55.6 Å². The van der Waals surface area contributed by atoms with E-state index in [0.717, 1.165) is 5.39 Å². The molecule has 2 aromatic carbocycles. The number of rotatable bonds is 1. The van der Waals surface area contributed by atoms with Crippen LogP contribution in [0, 0.1) is 0 Å². The highest BCUT2D eigenvalue weighted by Crippen LogP contribution is 2.47. The number of hydrogen-bond acceptors (Lipinski definition) is 6. The zero-order valence-corrected chi connectivity index (χ0v) is 14.5. The van der Waals surface area contributed by atoms with E-state index >= 15 is 0 Å². The van der Waals surface area contributed by atoms with Crippen LogP contribution >= 0.6 is 0 Å². The summed E-state index contributed by atoms with van der Waals surface area (Å²) in [4.78, 5) is 57.3. The SMILES string of the molecule is O=c1[nH]c(O)c([C@H]2c3c([nH]c(=O)[nH]c3=O)Oc3ccc4ccccc4c32)c(=O)[nH]1. The molecule has 144 valence electrons. The van der Waals surface area contributed by atoms with Crippen molar-refractivity contribution in [3.8, 4) is 17.5 Å². The molecule has 0 amide bonds. The van der Waals surface area contributed by atoms with Gasteiger partial charge in [-0.15, -0.1) is 0 Å². The highest BCUT2D eigenvalue weighted by molar-refractivity contribution is 5.90. The normalized spacial score (nSPS) is 14.8. The summed E-state index contributed by atoms with van der Waals surface area (Å²) >= 11 is 0. The third-order valence-electron chi connectivity index (χ3n) is 4.91. The van der Waals surface area contributed by atoms with E-state index in [1.54, 1.807) is 24.3 Å². The quantitative estimate of drug-likeness (QED) is 0.280. The Hall–Kier alpha value is -4.34. The fourth-order valence-electron chi connectivity index (χ4n) is 3.78. The first-order valence-corrected chi connectivity index (χ1v) is 8.55. The van der Waals surface area contributed by atoms with Crippen molar-refractivity contribution in [2.45, 2.75) is 5.92 Å². The first-order valence-electron chi connectivity index (χ1n) is 8.55. The number of fused-ring (bicyclic) bond motifs is 4. The van der Waals surface area contributed by atoms with Crippen LogP contribution in [0.4, 0.5) is 0 Å². The first kappa shape index (κ1) is 16.8. The smallest absolute Gasteiger partial charge is 0.328 e. The molecule has 5 rings (SSSR count). The average molecular weight is 392 g/mol. The average Bonchev–Trinajstić information content (AvgIpc) is 2.66. The van der Waals surface area contributed by atoms with Crippen molar-refractivity contribution in [2.75, 3.05) is 0 Å². The summed E-state index contributed by atoms with van der Waals surface area (Å²) < 4.78 is 5.76. The van der Waals surface area contributed by atoms with E-state index in [0.29, 0.717) is 16.7 Å². The molecule has 4 aromatic rings. The van der Waals surface area contributed by atoms with E-state index in [9.17, 15) is 24.3 Å². The van der Waals surface area contributed by atoms with Crippen molar-refractivity contribution in [3.05, 3.63) is 94.8 Å². The zero-order chi connectivity index (χ0) is 20.3. The molecule has 0 saturated carbocycles. The number of hydrogen-bond donors (Lipinski definition) is 5. The molecule has 0 radical (unpaired) electrons. The summed E-state index contributed by atoms with van der Waals surface area (Å²) in [5, 5.41) is 11.9. The van der Waals surface area contributed by atoms with E-state index in [1.165, 1.54) is 0 Å². The zero-order valence-electron chi connectivity index (χ0n) is 14.5. The van der Waals surface area contributed by atoms with E-state index in [1.807, 2.05) is 12.1 Å². The summed E-state index contributed by atoms with van der Waals surface area (Å²) in [6, 6.07) is 10.7. The lowest BCUT2D eigenvalue weighted by Crippen LogP contribution is -2.34. The lowest BCUT2D eigenvalue weighted by molar-refractivity contribution is 0.417. The van der Waals surface area contributed by atoms with Gasteiger partial charge in [0.15, 0.2) is 0 Å². The highest BCUT2D eigenvalue weighted by atomic mass is 16.5. The lowest BCUT2D eigenvalue weighted by Gasteiger charge is -2.28. The van der Waals surface area contributed by atoms with Crippen LogP contribution in [0.1, 0.15) is 22.6 Å². The second kappa shape index (κ2) is 5.83. The number of aromatic nitrogens is 4. The van der Waals surface area contributed by atoms with Crippen LogP contribution in [0.5, 0.6) is 17.5 Å². The first-order chi connectivity index (χ1) is 13.9. The fraction of sp³-hybridized carbons (Fsp3) is 0.0526. The van der Waals surface area contributed by atoms with Crippen LogP contribution in [-0.4, -0.2) is 25.0 Å². The molecule has 0 fully saturated rings. The number of aromatic amines is 4. The number of aromatic hydroxyl groups is 1. The van der Waals surface area contributed by atoms with Crippen molar-refractivity contribution in [1.29, 1.82) is 0 Å². The molecule has 10 heteroatoms. The molecular weight excluding hydrogens is 380 g/mol. The molecule has 0 spiro atoms. The predicted octanol–water partition coefficient (Wildman–Crippen LogP) is 0.584. The Kier molecular flexibility index (Phi) is 3.38. The number of H-pyrrole nitrogens is 4. The maximum atomic E-state index is 12.7. The monoisotopic (exact) mass is 392 g/mol. The summed E-state index contributed by atoms with van der Waals surface area (Å²) in [5.41, 5.74) is -3.19. The van der Waals surface area contributed by atoms with Gasteiger partial charge in [0.05, 0.1) is 17.0 Å². The molecular formula is C19H12N4O6. The minimum absolute atomic E-state index is 0.0682. The van der Waals surface area contributed by atoms with Crippen LogP contribution in [0.3, 0.4) is 0 Å². The second-order valence-corrected chi connectivity index (χ2v) is 6.56. The number of ether oxygens (including phenoxy) is 1. The van der Waals surface area contributed by atoms with Gasteiger partial charge in [0.25, 0.3) is 11.1 Å². The molecule has 0 bridgehead atoms. The van der Waals surface area contributed by atoms with E-state index < -0.39 is 34.3 Å². The molecule has 1 aliphatic heterocycles. The molecule has 3 heterocycles. The van der Waals surface area contributed by atoms with Crippen molar-refractivity contribution >= 4 is 10.8 Å². The maximum Gasteiger partial charge on any atom is 0.328 e. The summed E-state index contributed by atoms with van der Waals surface area (Å²) in [7, 11) is 0. The van der Waals surface area contributed by atoms with E-state index in [4.69, 9.17) is 4.74 Å². The number of nitrogens with one attached hydrogen (secondary N) is 4. The Labute approximate surface area is 159 Å². The third kappa shape index (κ3) is 2.42. The predicted molar refractivity (Wildman–Crippen MR) is 102 cm³/mol. The Morgan fingerprint density at radius 3 is 2.21 bits per heavy atom. The van der Waals surface area contributed by atoms with Crippen LogP contribution in [0.25, 0.3) is 10.8 Å². The fourth-order valence-corrected chi connectivity index (χ4v) is 3.78. The molecule has 1 atom stereocenters. The molecule has 0 saturated heterocycles. The van der Waals surface area contributed by atoms with Gasteiger partial charge < -0.3 is 9.84 Å². The third-order valence-corrected chi connectivity index (χ3v) is 4.91. The molecule has 10 nitrogen and oxygen atoms in total. The topological polar surface area (TPSA) is 161 Å². The van der Waals surface area contributed by atoms with Gasteiger partial charge in [-0.05, 0) is 16.8 Å². The maximum absolute atomic E-state index is 12.7. The van der Waals surface area contributed by atoms with Gasteiger partial charge in [-0.25, -0.2) is 9.59 Å². The van der Waals surface area contributed by atoms with Crippen LogP contribution in [0.2, 0.25) is 0 Å². The van der Waals surface area contributed by atoms with E-state index in [2.05, 4.69) is 19.9 Å². The van der Waals surface area contributed by atoms with Crippen LogP contribution < -0.4 is 27.2 Å². The molecule has 5 N–H and O–H groups in total. The standard InChI is InChI=1S/C19H12N4O6/c24-14-12(15(25)21-18(27)20-14)11-10-8-4-2-1-3-7(8)5-6-9(10)29-17-13(11)16(26)22-19(28)23-17/h1-6,11H,(H2,22,23,26,28)(H3,20,21,24,25,27)/t11-/m0/s1. The lowest BCUT2D eigenvalue weighted by atomic mass is 9.82. The van der Waals surface area contributed by atoms with Crippen molar-refractivity contribution in [1.82, 2.24) is 19.9 Å². The Balaban J connectivity index is 1.98. The molecule has 1 aliphatic rings. The summed E-state index contributed by atoms with van der Waals surface area (Å²) in [6.45, 7) is 0. The van der Waals surface area contributed by atoms with Gasteiger partial charge in [0, 0.05) is 5.56 Å². The van der Waals surface area contributed by atoms with Gasteiger partial charge in [-0.3, -0.25) is 29.5 Å². The summed E-state index contributed by atoms with van der Waals surface area (Å²) in [5.74, 6) is -1.63. The minimum atomic E-state index is -1.11. The molecule has 2 aromatic heterocycles. The summed E-state index contributed by atoms with van der Waals surface area (Å²) in [6.07, 6.45) is 0. The second-order valence-electron chi connectivity index (χ2n) is 6.56. The Bertz CT molecular complexity index is 1520. The van der Waals surface area contributed by atoms with Crippen molar-refractivity contribution < 1.29 is 9.84 Å². The Morgan fingerprint density at radius 2 is 1.45 bits per heavy atom. The van der Waals surface area contributed by atoms with Gasteiger partial charge >= 0.3 is 11.4 Å². The van der Waals surface area contributed by atoms with Crippen LogP contribution in [-0.2, 0) is 0 Å². The van der Waals surface area contributed by atoms with Gasteiger partial charge in [0.2, 0.25) is 11.8 Å². The van der Waals surface area contributed by atoms with Crippen molar-refractivity contribution in [3.63, 3.8) is 0 Å². The highest BCUT2D eigenvalue weighted by Gasteiger charge is 2.37. The van der Waals surface area contributed by atoms with E-state index in [-0.39, 0.29) is 17.0 Å². The largest absolute Gasteiger partial charge is 0.494 e.